The minimum absolute atomic E-state index is 0.541. The highest BCUT2D eigenvalue weighted by Gasteiger charge is 2.60. The van der Waals surface area contributed by atoms with Crippen molar-refractivity contribution in [1.82, 2.24) is 0 Å². The standard InChI is InChI=1S/C20H33/c1-14(2)16-9-11-20(5)13-12-19(4)10-8-15(3)6-7-17(19)18(16)20/h7-8,14,16-18H,6,9-13H2,1-5H3/q+1/t16?,17-,18-,19-,20-/m1/s1. The Kier molecular flexibility index (Phi) is 3.50. The zero-order chi connectivity index (χ0) is 14.5. The zero-order valence-electron chi connectivity index (χ0n) is 14.2. The fraction of sp³-hybridized carbons (Fsp3) is 0.850. The molecule has 0 saturated heterocycles. The molecule has 3 aliphatic rings. The molecule has 0 heterocycles. The second kappa shape index (κ2) is 4.82. The van der Waals surface area contributed by atoms with Crippen LogP contribution in [0.5, 0.6) is 0 Å². The molecule has 0 aromatic carbocycles. The SMILES string of the molecule is CC1=CC[C@]2(C)CC[C@@]3(C)CCC(C(C)C)[C@@H]3[C@H]2[CH+]C1. The predicted molar refractivity (Wildman–Crippen MR) is 87.3 cm³/mol. The van der Waals surface area contributed by atoms with Gasteiger partial charge in [0.25, 0.3) is 0 Å². The van der Waals surface area contributed by atoms with Crippen molar-refractivity contribution in [3.8, 4) is 0 Å². The molecule has 20 heavy (non-hydrogen) atoms. The van der Waals surface area contributed by atoms with E-state index < -0.39 is 0 Å². The van der Waals surface area contributed by atoms with Gasteiger partial charge in [-0.2, -0.15) is 0 Å². The van der Waals surface area contributed by atoms with Crippen LogP contribution in [0.2, 0.25) is 0 Å². The number of fused-ring (bicyclic) bond motifs is 3. The first-order chi connectivity index (χ1) is 9.36. The van der Waals surface area contributed by atoms with Crippen molar-refractivity contribution in [2.75, 3.05) is 0 Å². The van der Waals surface area contributed by atoms with Gasteiger partial charge in [-0.15, -0.1) is 0 Å². The van der Waals surface area contributed by atoms with Gasteiger partial charge < -0.3 is 0 Å². The Balaban J connectivity index is 1.95. The average Bonchev–Trinajstić information content (AvgIpc) is 2.66. The number of allylic oxidation sites excluding steroid dienone is 2. The number of rotatable bonds is 1. The second-order valence-electron chi connectivity index (χ2n) is 9.00. The van der Waals surface area contributed by atoms with E-state index in [1.807, 2.05) is 0 Å². The lowest BCUT2D eigenvalue weighted by atomic mass is 9.51. The molecule has 2 saturated carbocycles. The van der Waals surface area contributed by atoms with E-state index in [4.69, 9.17) is 0 Å². The van der Waals surface area contributed by atoms with Crippen molar-refractivity contribution in [1.29, 1.82) is 0 Å². The van der Waals surface area contributed by atoms with Gasteiger partial charge in [0.15, 0.2) is 0 Å². The van der Waals surface area contributed by atoms with Crippen LogP contribution < -0.4 is 0 Å². The normalized spacial score (nSPS) is 48.1. The summed E-state index contributed by atoms with van der Waals surface area (Å²) in [4.78, 5) is 0. The fourth-order valence-electron chi connectivity index (χ4n) is 5.74. The van der Waals surface area contributed by atoms with Gasteiger partial charge >= 0.3 is 0 Å². The lowest BCUT2D eigenvalue weighted by Gasteiger charge is -2.50. The number of hydrogen-bond donors (Lipinski definition) is 0. The molecule has 0 nitrogen and oxygen atoms in total. The third-order valence-electron chi connectivity index (χ3n) is 7.24. The van der Waals surface area contributed by atoms with E-state index in [1.165, 1.54) is 38.5 Å². The molecule has 0 amide bonds. The minimum Gasteiger partial charge on any atom is -0.0807 e. The first-order valence-corrected chi connectivity index (χ1v) is 8.85. The van der Waals surface area contributed by atoms with E-state index >= 15 is 0 Å². The third-order valence-corrected chi connectivity index (χ3v) is 7.24. The summed E-state index contributed by atoms with van der Waals surface area (Å²) < 4.78 is 0. The lowest BCUT2D eigenvalue weighted by molar-refractivity contribution is -0.0266. The van der Waals surface area contributed by atoms with Gasteiger partial charge in [-0.25, -0.2) is 0 Å². The van der Waals surface area contributed by atoms with E-state index in [-0.39, 0.29) is 0 Å². The van der Waals surface area contributed by atoms with Crippen molar-refractivity contribution >= 4 is 0 Å². The van der Waals surface area contributed by atoms with Crippen LogP contribution in [0.3, 0.4) is 0 Å². The van der Waals surface area contributed by atoms with Crippen LogP contribution in [-0.4, -0.2) is 0 Å². The van der Waals surface area contributed by atoms with Crippen LogP contribution in [0.1, 0.15) is 73.1 Å². The summed E-state index contributed by atoms with van der Waals surface area (Å²) >= 11 is 0. The molecule has 0 spiro atoms. The first kappa shape index (κ1) is 14.5. The maximum Gasteiger partial charge on any atom is 0.109 e. The Bertz CT molecular complexity index is 404. The first-order valence-electron chi connectivity index (χ1n) is 8.85. The van der Waals surface area contributed by atoms with Gasteiger partial charge in [0.1, 0.15) is 12.3 Å². The Morgan fingerprint density at radius 3 is 2.55 bits per heavy atom. The van der Waals surface area contributed by atoms with Crippen LogP contribution in [-0.2, 0) is 0 Å². The smallest absolute Gasteiger partial charge is 0.0807 e. The monoisotopic (exact) mass is 273 g/mol. The summed E-state index contributed by atoms with van der Waals surface area (Å²) in [7, 11) is 0. The molecule has 3 aliphatic carbocycles. The second-order valence-corrected chi connectivity index (χ2v) is 9.00. The zero-order valence-corrected chi connectivity index (χ0v) is 14.2. The van der Waals surface area contributed by atoms with E-state index in [0.717, 1.165) is 23.7 Å². The molecule has 0 aromatic rings. The quantitative estimate of drug-likeness (QED) is 0.404. The summed E-state index contributed by atoms with van der Waals surface area (Å²) in [6.07, 6.45) is 13.7. The predicted octanol–water partition coefficient (Wildman–Crippen LogP) is 6.04. The average molecular weight is 273 g/mol. The highest BCUT2D eigenvalue weighted by atomic mass is 14.6. The highest BCUT2D eigenvalue weighted by Crippen LogP contribution is 2.65. The molecule has 0 N–H and O–H groups in total. The Morgan fingerprint density at radius 1 is 1.15 bits per heavy atom. The van der Waals surface area contributed by atoms with Crippen molar-refractivity contribution < 1.29 is 0 Å². The maximum atomic E-state index is 2.72. The van der Waals surface area contributed by atoms with Gasteiger partial charge in [-0.05, 0) is 61.9 Å². The van der Waals surface area contributed by atoms with Crippen molar-refractivity contribution in [2.24, 2.45) is 34.5 Å². The van der Waals surface area contributed by atoms with Crippen molar-refractivity contribution in [3.63, 3.8) is 0 Å². The molecule has 0 heteroatoms. The molecule has 112 valence electrons. The molecular weight excluding hydrogens is 240 g/mol. The van der Waals surface area contributed by atoms with Gasteiger partial charge in [-0.1, -0.05) is 33.8 Å². The molecule has 2 fully saturated rings. The lowest BCUT2D eigenvalue weighted by Crippen LogP contribution is -2.46. The maximum absolute atomic E-state index is 2.72. The van der Waals surface area contributed by atoms with Gasteiger partial charge in [0.2, 0.25) is 0 Å². The van der Waals surface area contributed by atoms with Crippen LogP contribution in [0.25, 0.3) is 0 Å². The summed E-state index contributed by atoms with van der Waals surface area (Å²) in [6.45, 7) is 12.4. The van der Waals surface area contributed by atoms with Crippen molar-refractivity contribution in [3.05, 3.63) is 18.1 Å². The minimum atomic E-state index is 0.541. The molecule has 3 rings (SSSR count). The molecule has 5 atom stereocenters. The summed E-state index contributed by atoms with van der Waals surface area (Å²) in [5, 5.41) is 0. The Hall–Kier alpha value is -0.390. The Labute approximate surface area is 126 Å². The molecule has 0 radical (unpaired) electrons. The largest absolute Gasteiger partial charge is 0.109 e. The van der Waals surface area contributed by atoms with E-state index in [9.17, 15) is 0 Å². The number of hydrogen-bond acceptors (Lipinski definition) is 0. The van der Waals surface area contributed by atoms with Gasteiger partial charge in [0.05, 0.1) is 6.42 Å². The molecular formula is C20H33+. The van der Waals surface area contributed by atoms with Crippen LogP contribution in [0.15, 0.2) is 11.6 Å². The van der Waals surface area contributed by atoms with E-state index in [0.29, 0.717) is 10.8 Å². The molecule has 0 aliphatic heterocycles. The molecule has 0 aromatic heterocycles. The Morgan fingerprint density at radius 2 is 1.85 bits per heavy atom. The van der Waals surface area contributed by atoms with E-state index in [2.05, 4.69) is 47.1 Å². The van der Waals surface area contributed by atoms with Crippen molar-refractivity contribution in [2.45, 2.75) is 73.1 Å². The third kappa shape index (κ3) is 2.14. The highest BCUT2D eigenvalue weighted by molar-refractivity contribution is 5.17. The molecule has 1 unspecified atom stereocenters. The summed E-state index contributed by atoms with van der Waals surface area (Å²) in [5.74, 6) is 3.61. The van der Waals surface area contributed by atoms with Crippen LogP contribution in [0, 0.1) is 40.9 Å². The summed E-state index contributed by atoms with van der Waals surface area (Å²) in [6, 6.07) is 0. The van der Waals surface area contributed by atoms with Gasteiger partial charge in [0, 0.05) is 11.3 Å². The fourth-order valence-corrected chi connectivity index (χ4v) is 5.74. The van der Waals surface area contributed by atoms with E-state index in [1.54, 1.807) is 5.57 Å². The topological polar surface area (TPSA) is 0 Å². The van der Waals surface area contributed by atoms with Gasteiger partial charge in [-0.3, -0.25) is 0 Å². The van der Waals surface area contributed by atoms with Crippen LogP contribution >= 0.6 is 0 Å². The summed E-state index contributed by atoms with van der Waals surface area (Å²) in [5.41, 5.74) is 2.77. The molecule has 0 bridgehead atoms. The van der Waals surface area contributed by atoms with Crippen LogP contribution in [0.4, 0.5) is 0 Å².